The molecule has 1 saturated carbocycles. The fraction of sp³-hybridized carbons (Fsp3) is 0.526. The summed E-state index contributed by atoms with van der Waals surface area (Å²) >= 11 is 0. The number of carbonyl (C=O) groups is 1. The molecule has 0 aromatic heterocycles. The Bertz CT molecular complexity index is 561. The van der Waals surface area contributed by atoms with Crippen molar-refractivity contribution in [1.29, 1.82) is 0 Å². The van der Waals surface area contributed by atoms with Gasteiger partial charge in [-0.15, -0.1) is 0 Å². The molecule has 1 aliphatic carbocycles. The highest BCUT2D eigenvalue weighted by molar-refractivity contribution is 5.75. The SMILES string of the molecule is CC(=Cc1ccccc1)[C@@H]1C[C@H]1NC1CCN(CC(N)=O)CC1. The predicted molar refractivity (Wildman–Crippen MR) is 93.8 cm³/mol. The first-order chi connectivity index (χ1) is 11.1. The van der Waals surface area contributed by atoms with Crippen molar-refractivity contribution < 1.29 is 4.79 Å². The van der Waals surface area contributed by atoms with Crippen LogP contribution in [0.4, 0.5) is 0 Å². The van der Waals surface area contributed by atoms with Gasteiger partial charge >= 0.3 is 0 Å². The summed E-state index contributed by atoms with van der Waals surface area (Å²) in [5.41, 5.74) is 8.02. The number of nitrogens with one attached hydrogen (secondary N) is 1. The molecule has 1 saturated heterocycles. The van der Waals surface area contributed by atoms with E-state index in [1.807, 2.05) is 0 Å². The second-order valence-electron chi connectivity index (χ2n) is 6.93. The molecule has 0 radical (unpaired) electrons. The molecule has 1 aromatic carbocycles. The number of piperidine rings is 1. The van der Waals surface area contributed by atoms with Crippen LogP contribution in [0.3, 0.4) is 0 Å². The number of nitrogens with two attached hydrogens (primary N) is 1. The molecule has 2 fully saturated rings. The summed E-state index contributed by atoms with van der Waals surface area (Å²) in [6.45, 7) is 4.58. The summed E-state index contributed by atoms with van der Waals surface area (Å²) in [4.78, 5) is 13.1. The van der Waals surface area contributed by atoms with Crippen LogP contribution in [0.25, 0.3) is 6.08 Å². The summed E-state index contributed by atoms with van der Waals surface area (Å²) < 4.78 is 0. The van der Waals surface area contributed by atoms with Crippen molar-refractivity contribution in [1.82, 2.24) is 10.2 Å². The summed E-state index contributed by atoms with van der Waals surface area (Å²) in [6, 6.07) is 11.7. The van der Waals surface area contributed by atoms with E-state index in [1.54, 1.807) is 0 Å². The first-order valence-electron chi connectivity index (χ1n) is 8.62. The van der Waals surface area contributed by atoms with Gasteiger partial charge in [-0.05, 0) is 37.7 Å². The minimum atomic E-state index is -0.222. The molecule has 0 unspecified atom stereocenters. The lowest BCUT2D eigenvalue weighted by Gasteiger charge is -2.31. The normalized spacial score (nSPS) is 26.2. The molecular weight excluding hydrogens is 286 g/mol. The van der Waals surface area contributed by atoms with E-state index in [0.717, 1.165) is 25.9 Å². The van der Waals surface area contributed by atoms with E-state index >= 15 is 0 Å². The number of amides is 1. The van der Waals surface area contributed by atoms with Gasteiger partial charge < -0.3 is 11.1 Å². The Kier molecular flexibility index (Phi) is 5.13. The van der Waals surface area contributed by atoms with Gasteiger partial charge in [0, 0.05) is 25.2 Å². The van der Waals surface area contributed by atoms with Crippen molar-refractivity contribution in [3.8, 4) is 0 Å². The maximum absolute atomic E-state index is 11.0. The van der Waals surface area contributed by atoms with E-state index < -0.39 is 0 Å². The first kappa shape index (κ1) is 16.2. The zero-order valence-electron chi connectivity index (χ0n) is 13.9. The molecule has 1 heterocycles. The second-order valence-corrected chi connectivity index (χ2v) is 6.93. The van der Waals surface area contributed by atoms with E-state index in [0.29, 0.717) is 24.5 Å². The van der Waals surface area contributed by atoms with Crippen LogP contribution in [0.5, 0.6) is 0 Å². The zero-order chi connectivity index (χ0) is 16.2. The molecule has 0 spiro atoms. The van der Waals surface area contributed by atoms with Crippen molar-refractivity contribution in [3.63, 3.8) is 0 Å². The molecular formula is C19H27N3O. The summed E-state index contributed by atoms with van der Waals surface area (Å²) in [6.07, 6.45) is 5.77. The molecule has 1 amide bonds. The van der Waals surface area contributed by atoms with Crippen molar-refractivity contribution in [2.45, 2.75) is 38.3 Å². The van der Waals surface area contributed by atoms with Gasteiger partial charge in [0.15, 0.2) is 0 Å². The van der Waals surface area contributed by atoms with Crippen LogP contribution in [0.15, 0.2) is 35.9 Å². The quantitative estimate of drug-likeness (QED) is 0.845. The minimum Gasteiger partial charge on any atom is -0.369 e. The van der Waals surface area contributed by atoms with E-state index in [9.17, 15) is 4.79 Å². The molecule has 2 aliphatic rings. The van der Waals surface area contributed by atoms with Crippen LogP contribution in [0.1, 0.15) is 31.7 Å². The molecule has 1 aromatic rings. The van der Waals surface area contributed by atoms with Crippen molar-refractivity contribution in [2.75, 3.05) is 19.6 Å². The monoisotopic (exact) mass is 313 g/mol. The highest BCUT2D eigenvalue weighted by Gasteiger charge is 2.39. The van der Waals surface area contributed by atoms with Crippen molar-refractivity contribution in [3.05, 3.63) is 41.5 Å². The Morgan fingerprint density at radius 2 is 2.00 bits per heavy atom. The number of nitrogens with zero attached hydrogens (tertiary/aromatic N) is 1. The highest BCUT2D eigenvalue weighted by atomic mass is 16.1. The first-order valence-corrected chi connectivity index (χ1v) is 8.62. The molecule has 4 nitrogen and oxygen atoms in total. The van der Waals surface area contributed by atoms with Crippen LogP contribution >= 0.6 is 0 Å². The fourth-order valence-electron chi connectivity index (χ4n) is 3.58. The van der Waals surface area contributed by atoms with Gasteiger partial charge in [-0.3, -0.25) is 9.69 Å². The third kappa shape index (κ3) is 4.66. The van der Waals surface area contributed by atoms with Crippen LogP contribution < -0.4 is 11.1 Å². The highest BCUT2D eigenvalue weighted by Crippen LogP contribution is 2.38. The number of rotatable bonds is 6. The molecule has 23 heavy (non-hydrogen) atoms. The number of benzene rings is 1. The average molecular weight is 313 g/mol. The van der Waals surface area contributed by atoms with E-state index in [2.05, 4.69) is 53.5 Å². The van der Waals surface area contributed by atoms with Crippen molar-refractivity contribution in [2.24, 2.45) is 11.7 Å². The van der Waals surface area contributed by atoms with Gasteiger partial charge in [-0.25, -0.2) is 0 Å². The number of likely N-dealkylation sites (tertiary alicyclic amines) is 1. The van der Waals surface area contributed by atoms with E-state index in [1.165, 1.54) is 17.6 Å². The molecule has 0 bridgehead atoms. The Morgan fingerprint density at radius 3 is 2.65 bits per heavy atom. The molecule has 124 valence electrons. The van der Waals surface area contributed by atoms with Crippen LogP contribution in [-0.4, -0.2) is 42.5 Å². The smallest absolute Gasteiger partial charge is 0.231 e. The Morgan fingerprint density at radius 1 is 1.30 bits per heavy atom. The molecule has 3 rings (SSSR count). The van der Waals surface area contributed by atoms with Crippen LogP contribution in [0, 0.1) is 5.92 Å². The Labute approximate surface area is 138 Å². The largest absolute Gasteiger partial charge is 0.369 e. The standard InChI is InChI=1S/C19H27N3O/c1-14(11-15-5-3-2-4-6-15)17-12-18(17)21-16-7-9-22(10-8-16)13-19(20)23/h2-6,11,16-18,21H,7-10,12-13H2,1H3,(H2,20,23)/t17-,18+/m0/s1. The third-order valence-corrected chi connectivity index (χ3v) is 4.99. The van der Waals surface area contributed by atoms with Gasteiger partial charge in [0.2, 0.25) is 5.91 Å². The van der Waals surface area contributed by atoms with E-state index in [4.69, 9.17) is 5.73 Å². The zero-order valence-corrected chi connectivity index (χ0v) is 13.9. The van der Waals surface area contributed by atoms with Crippen molar-refractivity contribution >= 4 is 12.0 Å². The van der Waals surface area contributed by atoms with E-state index in [-0.39, 0.29) is 5.91 Å². The Hall–Kier alpha value is -1.65. The number of hydrogen-bond acceptors (Lipinski definition) is 3. The van der Waals surface area contributed by atoms with Crippen LogP contribution in [0.2, 0.25) is 0 Å². The van der Waals surface area contributed by atoms with Crippen LogP contribution in [-0.2, 0) is 4.79 Å². The van der Waals surface area contributed by atoms with Gasteiger partial charge in [0.05, 0.1) is 6.54 Å². The average Bonchev–Trinajstić information content (AvgIpc) is 3.29. The number of primary amides is 1. The molecule has 3 N–H and O–H groups in total. The maximum Gasteiger partial charge on any atom is 0.231 e. The predicted octanol–water partition coefficient (Wildman–Crippen LogP) is 2.02. The van der Waals surface area contributed by atoms with Gasteiger partial charge in [0.25, 0.3) is 0 Å². The summed E-state index contributed by atoms with van der Waals surface area (Å²) in [7, 11) is 0. The Balaban J connectivity index is 1.43. The lowest BCUT2D eigenvalue weighted by molar-refractivity contribution is -0.119. The van der Waals surface area contributed by atoms with Gasteiger partial charge in [-0.2, -0.15) is 0 Å². The lowest BCUT2D eigenvalue weighted by atomic mass is 10.0. The molecule has 4 heteroatoms. The maximum atomic E-state index is 11.0. The summed E-state index contributed by atoms with van der Waals surface area (Å²) in [5, 5.41) is 3.80. The molecule has 1 aliphatic heterocycles. The number of carbonyl (C=O) groups excluding carboxylic acids is 1. The van der Waals surface area contributed by atoms with Gasteiger partial charge in [-0.1, -0.05) is 42.0 Å². The fourth-order valence-corrected chi connectivity index (χ4v) is 3.58. The van der Waals surface area contributed by atoms with Gasteiger partial charge in [0.1, 0.15) is 0 Å². The number of hydrogen-bond donors (Lipinski definition) is 2. The third-order valence-electron chi connectivity index (χ3n) is 4.99. The summed E-state index contributed by atoms with van der Waals surface area (Å²) in [5.74, 6) is 0.458. The lowest BCUT2D eigenvalue weighted by Crippen LogP contribution is -2.46. The second kappa shape index (κ2) is 7.28. The minimum absolute atomic E-state index is 0.222. The topological polar surface area (TPSA) is 58.4 Å². The molecule has 2 atom stereocenters.